The first-order chi connectivity index (χ1) is 12.8. The van der Waals surface area contributed by atoms with Crippen molar-refractivity contribution in [2.75, 3.05) is 11.5 Å². The van der Waals surface area contributed by atoms with Gasteiger partial charge >= 0.3 is 0 Å². The molecule has 4 rings (SSSR count). The van der Waals surface area contributed by atoms with Crippen LogP contribution >= 0.6 is 15.9 Å². The van der Waals surface area contributed by atoms with Crippen LogP contribution in [0.1, 0.15) is 28.3 Å². The first-order valence-corrected chi connectivity index (χ1v) is 11.2. The Morgan fingerprint density at radius 3 is 2.63 bits per heavy atom. The molecule has 2 aromatic heterocycles. The molecule has 3 heterocycles. The summed E-state index contributed by atoms with van der Waals surface area (Å²) in [6, 6.07) is 10.6. The van der Waals surface area contributed by atoms with Crippen LogP contribution in [-0.4, -0.2) is 36.8 Å². The molecule has 0 spiro atoms. The predicted octanol–water partition coefficient (Wildman–Crippen LogP) is 3.93. The lowest BCUT2D eigenvalue weighted by Crippen LogP contribution is -2.40. The molecule has 142 valence electrons. The summed E-state index contributed by atoms with van der Waals surface area (Å²) >= 11 is 3.26. The molecule has 1 aromatic carbocycles. The molecule has 8 heteroatoms. The van der Waals surface area contributed by atoms with Crippen molar-refractivity contribution in [2.24, 2.45) is 0 Å². The van der Waals surface area contributed by atoms with Gasteiger partial charge < -0.3 is 13.7 Å². The number of amides is 1. The van der Waals surface area contributed by atoms with E-state index in [4.69, 9.17) is 8.83 Å². The molecule has 0 aliphatic carbocycles. The van der Waals surface area contributed by atoms with E-state index in [1.807, 2.05) is 31.2 Å². The number of fused-ring (bicyclic) bond motifs is 1. The highest BCUT2D eigenvalue weighted by atomic mass is 79.9. The number of aryl methyl sites for hydroxylation is 1. The third-order valence-electron chi connectivity index (χ3n) is 4.90. The van der Waals surface area contributed by atoms with Crippen molar-refractivity contribution in [2.45, 2.75) is 25.9 Å². The van der Waals surface area contributed by atoms with Crippen LogP contribution in [0.5, 0.6) is 0 Å². The number of hydrogen-bond acceptors (Lipinski definition) is 5. The molecule has 1 aliphatic rings. The van der Waals surface area contributed by atoms with E-state index in [1.54, 1.807) is 17.0 Å². The third kappa shape index (κ3) is 3.55. The molecule has 0 unspecified atom stereocenters. The molecular weight excluding hydrogens is 434 g/mol. The Morgan fingerprint density at radius 1 is 1.22 bits per heavy atom. The van der Waals surface area contributed by atoms with Crippen LogP contribution in [0.3, 0.4) is 0 Å². The zero-order valence-corrected chi connectivity index (χ0v) is 17.0. The molecule has 1 aliphatic heterocycles. The number of hydrogen-bond donors (Lipinski definition) is 0. The quantitative estimate of drug-likeness (QED) is 0.600. The maximum absolute atomic E-state index is 13.3. The summed E-state index contributed by atoms with van der Waals surface area (Å²) in [4.78, 5) is 14.9. The molecule has 0 N–H and O–H groups in total. The third-order valence-corrected chi connectivity index (χ3v) is 7.08. The van der Waals surface area contributed by atoms with E-state index in [0.29, 0.717) is 22.4 Å². The van der Waals surface area contributed by atoms with Crippen LogP contribution in [0.15, 0.2) is 49.9 Å². The van der Waals surface area contributed by atoms with E-state index in [9.17, 15) is 13.2 Å². The highest BCUT2D eigenvalue weighted by Crippen LogP contribution is 2.29. The van der Waals surface area contributed by atoms with E-state index in [2.05, 4.69) is 15.9 Å². The smallest absolute Gasteiger partial charge is 0.290 e. The number of para-hydroxylation sites is 1. The van der Waals surface area contributed by atoms with Crippen molar-refractivity contribution in [3.05, 3.63) is 58.2 Å². The van der Waals surface area contributed by atoms with E-state index in [0.717, 1.165) is 10.9 Å². The fraction of sp³-hybridized carbons (Fsp3) is 0.316. The number of nitrogens with zero attached hydrogens (tertiary/aromatic N) is 1. The van der Waals surface area contributed by atoms with E-state index in [-0.39, 0.29) is 29.7 Å². The van der Waals surface area contributed by atoms with Gasteiger partial charge in [-0.3, -0.25) is 4.79 Å². The molecule has 1 atom stereocenters. The molecule has 27 heavy (non-hydrogen) atoms. The highest BCUT2D eigenvalue weighted by Gasteiger charge is 2.37. The Bertz CT molecular complexity index is 1110. The maximum atomic E-state index is 13.3. The first-order valence-electron chi connectivity index (χ1n) is 8.58. The SMILES string of the molecule is Cc1c(C(=O)N(Cc2ccc(Br)o2)[C@H]2CCS(=O)(=O)C2)oc2ccccc12. The van der Waals surface area contributed by atoms with Crippen LogP contribution in [0.25, 0.3) is 11.0 Å². The predicted molar refractivity (Wildman–Crippen MR) is 104 cm³/mol. The van der Waals surface area contributed by atoms with Crippen molar-refractivity contribution in [1.29, 1.82) is 0 Å². The largest absolute Gasteiger partial charge is 0.452 e. The standard InChI is InChI=1S/C19H18BrNO5S/c1-12-15-4-2-3-5-16(15)26-18(12)19(22)21(10-14-6-7-17(20)25-14)13-8-9-27(23,24)11-13/h2-7,13H,8-11H2,1H3/t13-/m0/s1. The van der Waals surface area contributed by atoms with Crippen LogP contribution in [0.2, 0.25) is 0 Å². The topological polar surface area (TPSA) is 80.7 Å². The Labute approximate surface area is 165 Å². The number of furan rings is 2. The zero-order valence-electron chi connectivity index (χ0n) is 14.6. The normalized spacial score (nSPS) is 18.8. The average Bonchev–Trinajstić information content (AvgIpc) is 3.30. The van der Waals surface area contributed by atoms with Gasteiger partial charge in [0.05, 0.1) is 18.1 Å². The van der Waals surface area contributed by atoms with Crippen molar-refractivity contribution in [3.8, 4) is 0 Å². The van der Waals surface area contributed by atoms with Gasteiger partial charge in [-0.1, -0.05) is 18.2 Å². The van der Waals surface area contributed by atoms with Crippen LogP contribution in [-0.2, 0) is 16.4 Å². The van der Waals surface area contributed by atoms with Gasteiger partial charge in [0.25, 0.3) is 5.91 Å². The lowest BCUT2D eigenvalue weighted by molar-refractivity contribution is 0.0634. The first kappa shape index (κ1) is 18.3. The Balaban J connectivity index is 1.72. The number of carbonyl (C=O) groups excluding carboxylic acids is 1. The van der Waals surface area contributed by atoms with E-state index in [1.165, 1.54) is 0 Å². The Kier molecular flexibility index (Phi) is 4.63. The highest BCUT2D eigenvalue weighted by molar-refractivity contribution is 9.10. The van der Waals surface area contributed by atoms with Gasteiger partial charge in [0.2, 0.25) is 0 Å². The van der Waals surface area contributed by atoms with Crippen LogP contribution < -0.4 is 0 Å². The number of benzene rings is 1. The summed E-state index contributed by atoms with van der Waals surface area (Å²) < 4.78 is 35.9. The molecule has 1 amide bonds. The second kappa shape index (κ2) is 6.83. The summed E-state index contributed by atoms with van der Waals surface area (Å²) in [5.41, 5.74) is 1.39. The van der Waals surface area contributed by atoms with Crippen molar-refractivity contribution in [3.63, 3.8) is 0 Å². The molecule has 6 nitrogen and oxygen atoms in total. The molecular formula is C19H18BrNO5S. The second-order valence-corrected chi connectivity index (χ2v) is 9.76. The summed E-state index contributed by atoms with van der Waals surface area (Å²) in [6.45, 7) is 2.02. The average molecular weight is 452 g/mol. The van der Waals surface area contributed by atoms with Gasteiger partial charge in [-0.05, 0) is 47.5 Å². The van der Waals surface area contributed by atoms with E-state index < -0.39 is 15.9 Å². The summed E-state index contributed by atoms with van der Waals surface area (Å²) in [5.74, 6) is 0.542. The van der Waals surface area contributed by atoms with Crippen molar-refractivity contribution < 1.29 is 22.0 Å². The molecule has 0 radical (unpaired) electrons. The van der Waals surface area contributed by atoms with Crippen molar-refractivity contribution >= 4 is 42.6 Å². The summed E-state index contributed by atoms with van der Waals surface area (Å²) in [7, 11) is -3.14. The van der Waals surface area contributed by atoms with Gasteiger partial charge in [-0.25, -0.2) is 8.42 Å². The van der Waals surface area contributed by atoms with Gasteiger partial charge in [-0.15, -0.1) is 0 Å². The number of rotatable bonds is 4. The molecule has 1 fully saturated rings. The van der Waals surface area contributed by atoms with Gasteiger partial charge in [-0.2, -0.15) is 0 Å². The lowest BCUT2D eigenvalue weighted by Gasteiger charge is -2.26. The van der Waals surface area contributed by atoms with Crippen LogP contribution in [0.4, 0.5) is 0 Å². The summed E-state index contributed by atoms with van der Waals surface area (Å²) in [5, 5.41) is 0.876. The minimum Gasteiger partial charge on any atom is -0.452 e. The monoisotopic (exact) mass is 451 g/mol. The minimum atomic E-state index is -3.14. The number of carbonyl (C=O) groups is 1. The van der Waals surface area contributed by atoms with Gasteiger partial charge in [0.1, 0.15) is 11.3 Å². The Hall–Kier alpha value is -2.06. The minimum absolute atomic E-state index is 0.0418. The van der Waals surface area contributed by atoms with Gasteiger partial charge in [0, 0.05) is 17.0 Å². The van der Waals surface area contributed by atoms with Crippen molar-refractivity contribution in [1.82, 2.24) is 4.90 Å². The fourth-order valence-electron chi connectivity index (χ4n) is 3.50. The maximum Gasteiger partial charge on any atom is 0.290 e. The van der Waals surface area contributed by atoms with Crippen LogP contribution in [0, 0.1) is 6.92 Å². The number of halogens is 1. The lowest BCUT2D eigenvalue weighted by atomic mass is 10.1. The molecule has 1 saturated heterocycles. The van der Waals surface area contributed by atoms with Gasteiger partial charge in [0.15, 0.2) is 20.3 Å². The fourth-order valence-corrected chi connectivity index (χ4v) is 5.57. The molecule has 0 bridgehead atoms. The molecule has 0 saturated carbocycles. The molecule has 3 aromatic rings. The van der Waals surface area contributed by atoms with E-state index >= 15 is 0 Å². The summed E-state index contributed by atoms with van der Waals surface area (Å²) in [6.07, 6.45) is 0.412. The zero-order chi connectivity index (χ0) is 19.2. The Morgan fingerprint density at radius 2 is 2.00 bits per heavy atom. The number of sulfone groups is 1. The second-order valence-electron chi connectivity index (χ2n) is 6.75.